The standard InChI is InChI=1S/C41H54N10O16/c1-18(54)48-30-24(50-38(42)43)12-28(36(58)59)64-34(30)32(26(56)16-52)66-40(62)46-14-22-7-3-20(4-8-22)11-21-5-9-23(10-6-21)15-47-41(63)67-33(27(57)17-53)35-31(49-19(2)55)25(51-39(44)45)13-29(65-35)37(60)61/h3-10,12-13,24-27,30-35,52-53,56-57H,11,14-17H2,1-2H3,(H,46,62)(H,47,63)(H,48,54)(H,49,55)(H,58,59)(H,60,61)(H4,42,43,50)(H4,44,45,51)/t24-,25-,26+,27+,30+,31+,32+,33+,34+,35+/m0/s1. The molecule has 18 N–H and O–H groups in total. The van der Waals surface area contributed by atoms with Crippen molar-refractivity contribution in [3.63, 3.8) is 0 Å². The topological polar surface area (TPSA) is 433 Å². The number of aliphatic hydroxyl groups excluding tert-OH is 4. The highest BCUT2D eigenvalue weighted by molar-refractivity contribution is 5.86. The minimum Gasteiger partial charge on any atom is -0.477 e. The zero-order chi connectivity index (χ0) is 49.5. The normalized spacial score (nSPS) is 21.6. The molecule has 0 spiro atoms. The van der Waals surface area contributed by atoms with Crippen molar-refractivity contribution in [1.82, 2.24) is 31.9 Å². The first-order valence-corrected chi connectivity index (χ1v) is 20.3. The zero-order valence-corrected chi connectivity index (χ0v) is 36.0. The summed E-state index contributed by atoms with van der Waals surface area (Å²) >= 11 is 0. The van der Waals surface area contributed by atoms with Crippen molar-refractivity contribution >= 4 is 47.9 Å². The van der Waals surface area contributed by atoms with E-state index in [-0.39, 0.29) is 13.1 Å². The number of ether oxygens (including phenoxy) is 4. The number of carboxylic acids is 2. The minimum absolute atomic E-state index is 0.0675. The molecular weight excluding hydrogens is 889 g/mol. The molecule has 0 bridgehead atoms. The van der Waals surface area contributed by atoms with Crippen LogP contribution >= 0.6 is 0 Å². The van der Waals surface area contributed by atoms with Crippen LogP contribution < -0.4 is 43.4 Å². The molecule has 0 radical (unpaired) electrons. The second kappa shape index (κ2) is 24.0. The van der Waals surface area contributed by atoms with Gasteiger partial charge in [-0.3, -0.25) is 20.4 Å². The fourth-order valence-electron chi connectivity index (χ4n) is 7.08. The fraction of sp³-hybridized carbons (Fsp3) is 0.415. The molecule has 2 aromatic rings. The van der Waals surface area contributed by atoms with E-state index in [0.717, 1.165) is 37.1 Å². The molecular formula is C41H54N10O16. The summed E-state index contributed by atoms with van der Waals surface area (Å²) in [5.74, 6) is -6.81. The number of amides is 4. The third kappa shape index (κ3) is 15.2. The third-order valence-corrected chi connectivity index (χ3v) is 10.1. The maximum absolute atomic E-state index is 13.0. The fourth-order valence-corrected chi connectivity index (χ4v) is 7.08. The predicted octanol–water partition coefficient (Wildman–Crippen LogP) is -3.38. The predicted molar refractivity (Wildman–Crippen MR) is 230 cm³/mol. The maximum atomic E-state index is 13.0. The summed E-state index contributed by atoms with van der Waals surface area (Å²) in [4.78, 5) is 73.9. The number of guanidine groups is 2. The lowest BCUT2D eigenvalue weighted by atomic mass is 9.92. The van der Waals surface area contributed by atoms with E-state index < -0.39 is 133 Å². The second-order valence-electron chi connectivity index (χ2n) is 15.2. The Morgan fingerprint density at radius 2 is 0.940 bits per heavy atom. The summed E-state index contributed by atoms with van der Waals surface area (Å²) in [5, 5.41) is 90.4. The van der Waals surface area contributed by atoms with Gasteiger partial charge in [-0.1, -0.05) is 48.5 Å². The number of hydrogen-bond acceptors (Lipinski definition) is 16. The van der Waals surface area contributed by atoms with Crippen LogP contribution in [-0.4, -0.2) is 153 Å². The Labute approximate surface area is 381 Å². The van der Waals surface area contributed by atoms with Crippen LogP contribution in [0.3, 0.4) is 0 Å². The molecule has 26 heteroatoms. The lowest BCUT2D eigenvalue weighted by Gasteiger charge is -2.41. The van der Waals surface area contributed by atoms with Gasteiger partial charge in [-0.2, -0.15) is 0 Å². The largest absolute Gasteiger partial charge is 0.477 e. The number of rotatable bonds is 20. The Morgan fingerprint density at radius 1 is 0.612 bits per heavy atom. The average molecular weight is 943 g/mol. The van der Waals surface area contributed by atoms with Crippen LogP contribution in [0.4, 0.5) is 9.59 Å². The van der Waals surface area contributed by atoms with E-state index in [1.807, 2.05) is 0 Å². The van der Waals surface area contributed by atoms with Crippen LogP contribution in [0.5, 0.6) is 0 Å². The van der Waals surface area contributed by atoms with Gasteiger partial charge in [0, 0.05) is 26.9 Å². The lowest BCUT2D eigenvalue weighted by molar-refractivity contribution is -0.147. The Morgan fingerprint density at radius 3 is 1.22 bits per heavy atom. The van der Waals surface area contributed by atoms with E-state index in [0.29, 0.717) is 17.5 Å². The molecule has 4 rings (SSSR count). The highest BCUT2D eigenvalue weighted by Crippen LogP contribution is 2.27. The maximum Gasteiger partial charge on any atom is 0.407 e. The first-order valence-electron chi connectivity index (χ1n) is 20.3. The van der Waals surface area contributed by atoms with Crippen molar-refractivity contribution in [2.75, 3.05) is 13.2 Å². The quantitative estimate of drug-likeness (QED) is 0.0455. The molecule has 0 saturated carbocycles. The SMILES string of the molecule is CC(=O)N[C@H]1[C@H]([C@H](OC(=O)NCc2ccc(Cc3ccc(CNC(=O)O[C@@H]([C@@H]4OC(C(=O)O)=C[C@H](NC(=N)N)[C@H]4NC(C)=O)[C@H](O)CO)cc3)cc2)[C@H](O)CO)OC(C(=O)O)=C[C@@H]1NC(=N)N. The molecule has 4 amide bonds. The number of carbonyl (C=O) groups is 6. The van der Waals surface area contributed by atoms with Gasteiger partial charge in [0.2, 0.25) is 23.3 Å². The molecule has 0 saturated heterocycles. The molecule has 2 aliphatic rings. The molecule has 0 unspecified atom stereocenters. The summed E-state index contributed by atoms with van der Waals surface area (Å²) in [6, 6.07) is 9.35. The number of carboxylic acid groups (broad SMARTS) is 2. The molecule has 2 heterocycles. The third-order valence-electron chi connectivity index (χ3n) is 10.1. The van der Waals surface area contributed by atoms with Crippen molar-refractivity contribution < 1.29 is 78.4 Å². The minimum atomic E-state index is -1.81. The van der Waals surface area contributed by atoms with Gasteiger partial charge in [0.15, 0.2) is 36.3 Å². The average Bonchev–Trinajstić information content (AvgIpc) is 3.26. The van der Waals surface area contributed by atoms with E-state index >= 15 is 0 Å². The Balaban J connectivity index is 1.35. The van der Waals surface area contributed by atoms with Gasteiger partial charge < -0.3 is 93.0 Å². The number of benzene rings is 2. The van der Waals surface area contributed by atoms with Crippen LogP contribution in [0.15, 0.2) is 72.2 Å². The Hall–Kier alpha value is -7.68. The Kier molecular flexibility index (Phi) is 18.6. The van der Waals surface area contributed by atoms with Crippen molar-refractivity contribution in [3.8, 4) is 0 Å². The first-order chi connectivity index (χ1) is 31.7. The van der Waals surface area contributed by atoms with E-state index in [1.165, 1.54) is 0 Å². The summed E-state index contributed by atoms with van der Waals surface area (Å²) in [5.41, 5.74) is 13.9. The van der Waals surface area contributed by atoms with Crippen molar-refractivity contribution in [3.05, 3.63) is 94.5 Å². The van der Waals surface area contributed by atoms with Crippen LogP contribution in [0.25, 0.3) is 0 Å². The molecule has 67 heavy (non-hydrogen) atoms. The van der Waals surface area contributed by atoms with Gasteiger partial charge in [-0.15, -0.1) is 0 Å². The summed E-state index contributed by atoms with van der Waals surface area (Å²) in [6.07, 6.45) is -9.84. The Bertz CT molecular complexity index is 2040. The molecule has 10 atom stereocenters. The van der Waals surface area contributed by atoms with Gasteiger partial charge in [0.1, 0.15) is 12.2 Å². The molecule has 0 aliphatic carbocycles. The zero-order valence-electron chi connectivity index (χ0n) is 36.0. The molecule has 364 valence electrons. The van der Waals surface area contributed by atoms with E-state index in [2.05, 4.69) is 31.9 Å². The molecule has 26 nitrogen and oxygen atoms in total. The molecule has 0 fully saturated rings. The van der Waals surface area contributed by atoms with Gasteiger partial charge in [-0.25, -0.2) is 19.2 Å². The van der Waals surface area contributed by atoms with Gasteiger partial charge >= 0.3 is 24.1 Å². The van der Waals surface area contributed by atoms with Crippen LogP contribution in [0.1, 0.15) is 36.1 Å². The van der Waals surface area contributed by atoms with Crippen molar-refractivity contribution in [1.29, 1.82) is 10.8 Å². The number of hydrogen-bond donors (Lipinski definition) is 16. The number of alkyl carbamates (subject to hydrolysis) is 2. The lowest BCUT2D eigenvalue weighted by Crippen LogP contribution is -2.65. The highest BCUT2D eigenvalue weighted by atomic mass is 16.6. The summed E-state index contributed by atoms with van der Waals surface area (Å²) in [7, 11) is 0. The van der Waals surface area contributed by atoms with Gasteiger partial charge in [0.25, 0.3) is 0 Å². The van der Waals surface area contributed by atoms with Crippen molar-refractivity contribution in [2.45, 2.75) is 94.1 Å². The van der Waals surface area contributed by atoms with Gasteiger partial charge in [0.05, 0.1) is 37.4 Å². The van der Waals surface area contributed by atoms with E-state index in [4.69, 9.17) is 41.2 Å². The van der Waals surface area contributed by atoms with E-state index in [1.54, 1.807) is 48.5 Å². The number of aliphatic hydroxyl groups is 4. The van der Waals surface area contributed by atoms with Crippen LogP contribution in [-0.2, 0) is 57.6 Å². The first kappa shape index (κ1) is 51.9. The number of carbonyl (C=O) groups excluding carboxylic acids is 4. The molecule has 0 aromatic heterocycles. The summed E-state index contributed by atoms with van der Waals surface area (Å²) < 4.78 is 21.9. The van der Waals surface area contributed by atoms with Gasteiger partial charge in [-0.05, 0) is 40.8 Å². The second-order valence-corrected chi connectivity index (χ2v) is 15.2. The molecule has 2 aliphatic heterocycles. The smallest absolute Gasteiger partial charge is 0.407 e. The van der Waals surface area contributed by atoms with Crippen molar-refractivity contribution in [2.24, 2.45) is 11.5 Å². The highest BCUT2D eigenvalue weighted by Gasteiger charge is 2.48. The number of aliphatic carboxylic acids is 2. The van der Waals surface area contributed by atoms with Crippen LogP contribution in [0, 0.1) is 10.8 Å². The van der Waals surface area contributed by atoms with E-state index in [9.17, 15) is 59.4 Å². The number of nitrogens with one attached hydrogen (secondary N) is 8. The van der Waals surface area contributed by atoms with Crippen LogP contribution in [0.2, 0.25) is 0 Å². The monoisotopic (exact) mass is 942 g/mol. The molecule has 2 aromatic carbocycles. The number of nitrogens with two attached hydrogens (primary N) is 2. The summed E-state index contributed by atoms with van der Waals surface area (Å²) in [6.45, 7) is 0.268.